The van der Waals surface area contributed by atoms with Gasteiger partial charge in [0.05, 0.1) is 24.9 Å². The lowest BCUT2D eigenvalue weighted by Crippen LogP contribution is -2.48. The maximum absolute atomic E-state index is 12.0. The minimum absolute atomic E-state index is 0.0554. The average molecular weight is 319 g/mol. The topological polar surface area (TPSA) is 116 Å². The number of benzene rings is 1. The van der Waals surface area contributed by atoms with Crippen LogP contribution in [0.25, 0.3) is 0 Å². The molecule has 1 amide bonds. The van der Waals surface area contributed by atoms with Crippen LogP contribution in [0.5, 0.6) is 5.75 Å². The molecular formula is C15H18BNO6. The summed E-state index contributed by atoms with van der Waals surface area (Å²) in [6, 6.07) is 6.35. The first-order chi connectivity index (χ1) is 10.9. The van der Waals surface area contributed by atoms with Crippen molar-refractivity contribution < 1.29 is 29.5 Å². The molecule has 0 bridgehead atoms. The van der Waals surface area contributed by atoms with Gasteiger partial charge in [-0.1, -0.05) is 24.3 Å². The van der Waals surface area contributed by atoms with Gasteiger partial charge in [0.1, 0.15) is 5.75 Å². The lowest BCUT2D eigenvalue weighted by Gasteiger charge is -2.20. The number of phenolic OH excluding ortho intramolecular Hbond substituents is 1. The molecule has 2 rings (SSSR count). The molecule has 0 fully saturated rings. The molecule has 8 heteroatoms. The molecule has 0 aromatic heterocycles. The van der Waals surface area contributed by atoms with Crippen molar-refractivity contribution in [2.45, 2.75) is 31.3 Å². The lowest BCUT2D eigenvalue weighted by atomic mass is 9.77. The molecule has 4 N–H and O–H groups in total. The fraction of sp³-hybridized carbons (Fsp3) is 0.333. The summed E-state index contributed by atoms with van der Waals surface area (Å²) in [5, 5.41) is 30.8. The van der Waals surface area contributed by atoms with Gasteiger partial charge in [-0.05, 0) is 24.1 Å². The minimum Gasteiger partial charge on any atom is -0.508 e. The SMILES string of the molecule is O=C(O)CC1C=CC[C@H](NC(=O)Cc2cccc(O)c2)B(O)O1. The van der Waals surface area contributed by atoms with Crippen LogP contribution in [0.3, 0.4) is 0 Å². The molecular weight excluding hydrogens is 301 g/mol. The van der Waals surface area contributed by atoms with Gasteiger partial charge in [-0.15, -0.1) is 0 Å². The molecule has 0 saturated heterocycles. The van der Waals surface area contributed by atoms with E-state index >= 15 is 0 Å². The minimum atomic E-state index is -1.29. The van der Waals surface area contributed by atoms with Crippen LogP contribution >= 0.6 is 0 Å². The molecule has 2 atom stereocenters. The molecule has 1 aromatic carbocycles. The Bertz CT molecular complexity index is 605. The smallest absolute Gasteiger partial charge is 0.478 e. The normalized spacial score (nSPS) is 20.8. The van der Waals surface area contributed by atoms with Gasteiger partial charge in [-0.2, -0.15) is 0 Å². The van der Waals surface area contributed by atoms with E-state index in [1.54, 1.807) is 24.3 Å². The van der Waals surface area contributed by atoms with Gasteiger partial charge in [-0.25, -0.2) is 0 Å². The highest BCUT2D eigenvalue weighted by Crippen LogP contribution is 2.14. The van der Waals surface area contributed by atoms with Crippen LogP contribution in [0.1, 0.15) is 18.4 Å². The largest absolute Gasteiger partial charge is 0.508 e. The van der Waals surface area contributed by atoms with Gasteiger partial charge < -0.3 is 25.2 Å². The molecule has 7 nitrogen and oxygen atoms in total. The highest BCUT2D eigenvalue weighted by Gasteiger charge is 2.32. The number of aromatic hydroxyl groups is 1. The average Bonchev–Trinajstić information content (AvgIpc) is 2.60. The number of rotatable bonds is 5. The first-order valence-electron chi connectivity index (χ1n) is 7.23. The third-order valence-corrected chi connectivity index (χ3v) is 3.40. The van der Waals surface area contributed by atoms with E-state index in [1.807, 2.05) is 0 Å². The van der Waals surface area contributed by atoms with Gasteiger partial charge in [0, 0.05) is 0 Å². The number of carbonyl (C=O) groups excluding carboxylic acids is 1. The maximum atomic E-state index is 12.0. The number of carboxylic acids is 1. The highest BCUT2D eigenvalue weighted by atomic mass is 16.5. The van der Waals surface area contributed by atoms with E-state index in [9.17, 15) is 19.7 Å². The van der Waals surface area contributed by atoms with E-state index in [-0.39, 0.29) is 24.5 Å². The standard InChI is InChI=1S/C15H18BNO6/c18-11-4-1-3-10(7-11)8-14(19)17-13-6-2-5-12(9-15(20)21)23-16(13)22/h1-5,7,12-13,18,22H,6,8-9H2,(H,17,19)(H,20,21)/t12?,13-/m0/s1. The van der Waals surface area contributed by atoms with E-state index in [0.29, 0.717) is 12.0 Å². The quantitative estimate of drug-likeness (QED) is 0.457. The Morgan fingerprint density at radius 1 is 1.39 bits per heavy atom. The molecule has 1 aromatic rings. The van der Waals surface area contributed by atoms with Crippen molar-refractivity contribution in [2.75, 3.05) is 0 Å². The Balaban J connectivity index is 1.90. The summed E-state index contributed by atoms with van der Waals surface area (Å²) in [6.07, 6.45) is 2.66. The van der Waals surface area contributed by atoms with Crippen LogP contribution in [-0.2, 0) is 20.7 Å². The lowest BCUT2D eigenvalue weighted by molar-refractivity contribution is -0.138. The Kier molecular flexibility index (Phi) is 5.78. The summed E-state index contributed by atoms with van der Waals surface area (Å²) >= 11 is 0. The fourth-order valence-corrected chi connectivity index (χ4v) is 2.34. The van der Waals surface area contributed by atoms with Crippen LogP contribution in [0, 0.1) is 0 Å². The van der Waals surface area contributed by atoms with Gasteiger partial charge >= 0.3 is 13.1 Å². The van der Waals surface area contributed by atoms with Crippen LogP contribution in [-0.4, -0.2) is 46.3 Å². The van der Waals surface area contributed by atoms with E-state index in [1.165, 1.54) is 12.1 Å². The molecule has 0 radical (unpaired) electrons. The van der Waals surface area contributed by atoms with Gasteiger partial charge in [0.15, 0.2) is 0 Å². The van der Waals surface area contributed by atoms with Crippen molar-refractivity contribution in [3.63, 3.8) is 0 Å². The second-order valence-corrected chi connectivity index (χ2v) is 5.35. The van der Waals surface area contributed by atoms with Crippen molar-refractivity contribution in [1.29, 1.82) is 0 Å². The Labute approximate surface area is 133 Å². The summed E-state index contributed by atoms with van der Waals surface area (Å²) in [4.78, 5) is 22.7. The zero-order valence-electron chi connectivity index (χ0n) is 12.4. The summed E-state index contributed by atoms with van der Waals surface area (Å²) in [6.45, 7) is 0. The van der Waals surface area contributed by atoms with Gasteiger partial charge in [0.2, 0.25) is 5.91 Å². The molecule has 1 aliphatic rings. The molecule has 0 aliphatic carbocycles. The second kappa shape index (κ2) is 7.80. The second-order valence-electron chi connectivity index (χ2n) is 5.35. The molecule has 122 valence electrons. The summed E-state index contributed by atoms with van der Waals surface area (Å²) < 4.78 is 5.24. The fourth-order valence-electron chi connectivity index (χ4n) is 2.34. The summed E-state index contributed by atoms with van der Waals surface area (Å²) in [5.74, 6) is -1.94. The molecule has 1 aliphatic heterocycles. The number of amides is 1. The summed E-state index contributed by atoms with van der Waals surface area (Å²) in [5.41, 5.74) is 0.644. The number of carbonyl (C=O) groups is 2. The van der Waals surface area contributed by atoms with Crippen molar-refractivity contribution >= 4 is 19.0 Å². The monoisotopic (exact) mass is 319 g/mol. The Hall–Kier alpha value is -2.32. The van der Waals surface area contributed by atoms with E-state index < -0.39 is 25.1 Å². The summed E-state index contributed by atoms with van der Waals surface area (Å²) in [7, 11) is -1.29. The number of hydrogen-bond acceptors (Lipinski definition) is 5. The predicted molar refractivity (Wildman–Crippen MR) is 82.6 cm³/mol. The van der Waals surface area contributed by atoms with Crippen LogP contribution < -0.4 is 5.32 Å². The van der Waals surface area contributed by atoms with E-state index in [4.69, 9.17) is 9.76 Å². The predicted octanol–water partition coefficient (Wildman–Crippen LogP) is 0.259. The van der Waals surface area contributed by atoms with Crippen molar-refractivity contribution in [3.8, 4) is 5.75 Å². The zero-order chi connectivity index (χ0) is 16.8. The Morgan fingerprint density at radius 3 is 2.87 bits per heavy atom. The molecule has 1 unspecified atom stereocenters. The van der Waals surface area contributed by atoms with Gasteiger partial charge in [0.25, 0.3) is 0 Å². The van der Waals surface area contributed by atoms with E-state index in [0.717, 1.165) is 0 Å². The zero-order valence-corrected chi connectivity index (χ0v) is 12.4. The van der Waals surface area contributed by atoms with Crippen LogP contribution in [0.15, 0.2) is 36.4 Å². The molecule has 0 spiro atoms. The maximum Gasteiger partial charge on any atom is 0.478 e. The van der Waals surface area contributed by atoms with Gasteiger partial charge in [-0.3, -0.25) is 9.59 Å². The number of hydrogen-bond donors (Lipinski definition) is 4. The number of carboxylic acid groups (broad SMARTS) is 1. The number of nitrogens with one attached hydrogen (secondary N) is 1. The first-order valence-corrected chi connectivity index (χ1v) is 7.23. The third kappa shape index (κ3) is 5.43. The first kappa shape index (κ1) is 17.0. The van der Waals surface area contributed by atoms with Crippen LogP contribution in [0.2, 0.25) is 0 Å². The third-order valence-electron chi connectivity index (χ3n) is 3.40. The molecule has 23 heavy (non-hydrogen) atoms. The van der Waals surface area contributed by atoms with Crippen LogP contribution in [0.4, 0.5) is 0 Å². The van der Waals surface area contributed by atoms with Crippen molar-refractivity contribution in [2.24, 2.45) is 0 Å². The van der Waals surface area contributed by atoms with E-state index in [2.05, 4.69) is 5.32 Å². The number of phenols is 1. The molecule has 0 saturated carbocycles. The number of aliphatic carboxylic acids is 1. The highest BCUT2D eigenvalue weighted by molar-refractivity contribution is 6.45. The van der Waals surface area contributed by atoms with Crippen molar-refractivity contribution in [3.05, 3.63) is 42.0 Å². The molecule has 1 heterocycles. The Morgan fingerprint density at radius 2 is 2.17 bits per heavy atom. The van der Waals surface area contributed by atoms with Crippen molar-refractivity contribution in [1.82, 2.24) is 5.32 Å².